The Hall–Kier alpha value is -1.82. The molecule has 1 aliphatic rings. The fraction of sp³-hybridized carbons (Fsp3) is 0.588. The summed E-state index contributed by atoms with van der Waals surface area (Å²) in [4.78, 5) is 16.0. The Morgan fingerprint density at radius 3 is 2.65 bits per heavy atom. The van der Waals surface area contributed by atoms with E-state index in [0.29, 0.717) is 37.4 Å². The Morgan fingerprint density at radius 2 is 2.00 bits per heavy atom. The summed E-state index contributed by atoms with van der Waals surface area (Å²) in [5.41, 5.74) is 6.14. The minimum absolute atomic E-state index is 0.279. The van der Waals surface area contributed by atoms with Gasteiger partial charge in [-0.1, -0.05) is 6.07 Å². The van der Waals surface area contributed by atoms with E-state index < -0.39 is 5.60 Å². The fourth-order valence-electron chi connectivity index (χ4n) is 2.57. The number of hydrogen-bond acceptors (Lipinski definition) is 4. The summed E-state index contributed by atoms with van der Waals surface area (Å²) in [6.45, 7) is 8.87. The van der Waals surface area contributed by atoms with Crippen molar-refractivity contribution in [3.05, 3.63) is 29.6 Å². The lowest BCUT2D eigenvalue weighted by Gasteiger charge is -2.26. The summed E-state index contributed by atoms with van der Waals surface area (Å²) in [6, 6.07) is 4.78. The van der Waals surface area contributed by atoms with Crippen LogP contribution in [0, 0.1) is 5.82 Å². The molecule has 1 saturated heterocycles. The lowest BCUT2D eigenvalue weighted by molar-refractivity contribution is 0.0257. The predicted molar refractivity (Wildman–Crippen MR) is 88.5 cm³/mol. The molecule has 6 heteroatoms. The zero-order valence-electron chi connectivity index (χ0n) is 14.1. The molecule has 0 saturated carbocycles. The van der Waals surface area contributed by atoms with Crippen molar-refractivity contribution in [3.63, 3.8) is 0 Å². The molecule has 0 aliphatic carbocycles. The molecule has 0 atom stereocenters. The van der Waals surface area contributed by atoms with Gasteiger partial charge in [-0.2, -0.15) is 0 Å². The van der Waals surface area contributed by atoms with Crippen LogP contribution in [0.2, 0.25) is 0 Å². The van der Waals surface area contributed by atoms with Gasteiger partial charge in [-0.15, -0.1) is 0 Å². The van der Waals surface area contributed by atoms with Crippen LogP contribution in [0.1, 0.15) is 32.8 Å². The highest BCUT2D eigenvalue weighted by Gasteiger charge is 2.24. The van der Waals surface area contributed by atoms with Crippen LogP contribution >= 0.6 is 0 Å². The molecule has 0 radical (unpaired) electrons. The minimum atomic E-state index is -0.490. The number of anilines is 1. The maximum absolute atomic E-state index is 13.9. The first-order valence-corrected chi connectivity index (χ1v) is 7.99. The summed E-state index contributed by atoms with van der Waals surface area (Å²) < 4.78 is 19.3. The third-order valence-electron chi connectivity index (χ3n) is 3.71. The van der Waals surface area contributed by atoms with Gasteiger partial charge in [0, 0.05) is 44.0 Å². The van der Waals surface area contributed by atoms with Crippen molar-refractivity contribution in [3.8, 4) is 0 Å². The second-order valence-corrected chi connectivity index (χ2v) is 6.95. The van der Waals surface area contributed by atoms with Crippen LogP contribution in [0.3, 0.4) is 0 Å². The summed E-state index contributed by atoms with van der Waals surface area (Å²) in [5.74, 6) is -0.279. The van der Waals surface area contributed by atoms with Gasteiger partial charge in [0.15, 0.2) is 0 Å². The van der Waals surface area contributed by atoms with Crippen molar-refractivity contribution >= 4 is 11.8 Å². The van der Waals surface area contributed by atoms with Crippen LogP contribution in [0.15, 0.2) is 18.2 Å². The van der Waals surface area contributed by atoms with E-state index in [-0.39, 0.29) is 11.9 Å². The molecule has 0 bridgehead atoms. The monoisotopic (exact) mass is 323 g/mol. The number of halogens is 1. The largest absolute Gasteiger partial charge is 0.444 e. The number of carbonyl (C=O) groups is 1. The first kappa shape index (κ1) is 17.5. The normalized spacial score (nSPS) is 17.0. The van der Waals surface area contributed by atoms with Crippen molar-refractivity contribution in [2.24, 2.45) is 0 Å². The molecule has 1 fully saturated rings. The van der Waals surface area contributed by atoms with Crippen LogP contribution in [-0.2, 0) is 11.3 Å². The smallest absolute Gasteiger partial charge is 0.410 e. The van der Waals surface area contributed by atoms with Crippen molar-refractivity contribution in [2.45, 2.75) is 39.3 Å². The van der Waals surface area contributed by atoms with Crippen molar-refractivity contribution in [1.82, 2.24) is 9.80 Å². The van der Waals surface area contributed by atoms with E-state index in [4.69, 9.17) is 10.5 Å². The highest BCUT2D eigenvalue weighted by molar-refractivity contribution is 5.68. The molecule has 23 heavy (non-hydrogen) atoms. The topological polar surface area (TPSA) is 58.8 Å². The number of nitrogen functional groups attached to an aromatic ring is 1. The lowest BCUT2D eigenvalue weighted by Crippen LogP contribution is -2.39. The maximum atomic E-state index is 13.9. The summed E-state index contributed by atoms with van der Waals surface area (Å²) in [5, 5.41) is 0. The van der Waals surface area contributed by atoms with E-state index in [9.17, 15) is 9.18 Å². The molecule has 1 aliphatic heterocycles. The summed E-state index contributed by atoms with van der Waals surface area (Å²) >= 11 is 0. The first-order valence-electron chi connectivity index (χ1n) is 7.99. The van der Waals surface area contributed by atoms with Crippen LogP contribution in [-0.4, -0.2) is 47.7 Å². The SMILES string of the molecule is CC(C)(C)OC(=O)N1CCCN(Cc2ccc(N)cc2F)CC1. The van der Waals surface area contributed by atoms with E-state index in [1.165, 1.54) is 6.07 Å². The standard InChI is InChI=1S/C17H26FN3O2/c1-17(2,3)23-16(22)21-8-4-7-20(9-10-21)12-13-5-6-14(19)11-15(13)18/h5-6,11H,4,7-10,12,19H2,1-3H3. The molecule has 0 aromatic heterocycles. The van der Waals surface area contributed by atoms with E-state index in [2.05, 4.69) is 4.90 Å². The molecule has 1 heterocycles. The molecular formula is C17H26FN3O2. The van der Waals surface area contributed by atoms with Gasteiger partial charge < -0.3 is 15.4 Å². The third-order valence-corrected chi connectivity index (χ3v) is 3.71. The van der Waals surface area contributed by atoms with Crippen molar-refractivity contribution < 1.29 is 13.9 Å². The lowest BCUT2D eigenvalue weighted by atomic mass is 10.1. The average molecular weight is 323 g/mol. The Bertz CT molecular complexity index is 557. The Morgan fingerprint density at radius 1 is 1.26 bits per heavy atom. The second kappa shape index (κ2) is 7.17. The number of benzene rings is 1. The van der Waals surface area contributed by atoms with Gasteiger partial charge in [-0.05, 0) is 39.3 Å². The van der Waals surface area contributed by atoms with Crippen LogP contribution in [0.25, 0.3) is 0 Å². The third kappa shape index (κ3) is 5.39. The molecule has 1 aromatic rings. The second-order valence-electron chi connectivity index (χ2n) is 6.95. The number of nitrogens with two attached hydrogens (primary N) is 1. The minimum Gasteiger partial charge on any atom is -0.444 e. The average Bonchev–Trinajstić information content (AvgIpc) is 2.66. The number of carbonyl (C=O) groups excluding carboxylic acids is 1. The van der Waals surface area contributed by atoms with Crippen molar-refractivity contribution in [1.29, 1.82) is 0 Å². The summed E-state index contributed by atoms with van der Waals surface area (Å²) in [6.07, 6.45) is 0.563. The Balaban J connectivity index is 1.92. The molecule has 0 spiro atoms. The van der Waals surface area contributed by atoms with Crippen molar-refractivity contribution in [2.75, 3.05) is 31.9 Å². The van der Waals surface area contributed by atoms with Gasteiger partial charge >= 0.3 is 6.09 Å². The van der Waals surface area contributed by atoms with Gasteiger partial charge in [0.2, 0.25) is 0 Å². The van der Waals surface area contributed by atoms with E-state index >= 15 is 0 Å². The zero-order chi connectivity index (χ0) is 17.0. The van der Waals surface area contributed by atoms with E-state index in [0.717, 1.165) is 13.0 Å². The molecule has 1 amide bonds. The highest BCUT2D eigenvalue weighted by Crippen LogP contribution is 2.16. The molecule has 2 N–H and O–H groups in total. The molecule has 5 nitrogen and oxygen atoms in total. The molecule has 128 valence electrons. The van der Waals surface area contributed by atoms with Gasteiger partial charge in [-0.25, -0.2) is 9.18 Å². The van der Waals surface area contributed by atoms with E-state index in [1.54, 1.807) is 17.0 Å². The molecule has 0 unspecified atom stereocenters. The zero-order valence-corrected chi connectivity index (χ0v) is 14.1. The quantitative estimate of drug-likeness (QED) is 0.850. The number of nitrogens with zero attached hydrogens (tertiary/aromatic N) is 2. The Labute approximate surface area is 137 Å². The number of hydrogen-bond donors (Lipinski definition) is 1. The maximum Gasteiger partial charge on any atom is 0.410 e. The van der Waals surface area contributed by atoms with Crippen LogP contribution in [0.4, 0.5) is 14.9 Å². The van der Waals surface area contributed by atoms with Crippen LogP contribution in [0.5, 0.6) is 0 Å². The molecule has 1 aromatic carbocycles. The van der Waals surface area contributed by atoms with Gasteiger partial charge in [0.25, 0.3) is 0 Å². The van der Waals surface area contributed by atoms with Crippen LogP contribution < -0.4 is 5.73 Å². The Kier molecular flexibility index (Phi) is 5.46. The molecular weight excluding hydrogens is 297 g/mol. The van der Waals surface area contributed by atoms with Gasteiger partial charge in [-0.3, -0.25) is 4.90 Å². The first-order chi connectivity index (χ1) is 10.7. The predicted octanol–water partition coefficient (Wildman–Crippen LogP) is 2.85. The summed E-state index contributed by atoms with van der Waals surface area (Å²) in [7, 11) is 0. The highest BCUT2D eigenvalue weighted by atomic mass is 19.1. The van der Waals surface area contributed by atoms with Gasteiger partial charge in [0.05, 0.1) is 0 Å². The number of rotatable bonds is 2. The molecule has 2 rings (SSSR count). The fourth-order valence-corrected chi connectivity index (χ4v) is 2.57. The number of ether oxygens (including phenoxy) is 1. The van der Waals surface area contributed by atoms with Gasteiger partial charge in [0.1, 0.15) is 11.4 Å². The van der Waals surface area contributed by atoms with E-state index in [1.807, 2.05) is 20.8 Å². The number of amides is 1.